The lowest BCUT2D eigenvalue weighted by atomic mass is 9.92. The van der Waals surface area contributed by atoms with Gasteiger partial charge in [0.2, 0.25) is 0 Å². The molecule has 13 heavy (non-hydrogen) atoms. The van der Waals surface area contributed by atoms with E-state index < -0.39 is 0 Å². The molecule has 2 atom stereocenters. The van der Waals surface area contributed by atoms with Crippen LogP contribution in [0, 0.1) is 0 Å². The molecule has 0 saturated heterocycles. The van der Waals surface area contributed by atoms with Gasteiger partial charge in [-0.1, -0.05) is 37.3 Å². The van der Waals surface area contributed by atoms with Crippen molar-refractivity contribution in [2.45, 2.75) is 25.4 Å². The van der Waals surface area contributed by atoms with Crippen LogP contribution < -0.4 is 5.73 Å². The molecule has 0 amide bonds. The third-order valence-corrected chi connectivity index (χ3v) is 2.36. The summed E-state index contributed by atoms with van der Waals surface area (Å²) in [5, 5.41) is 9.69. The van der Waals surface area contributed by atoms with E-state index in [9.17, 15) is 5.11 Å². The molecule has 0 unspecified atom stereocenters. The minimum absolute atomic E-state index is 0.0752. The molecule has 72 valence electrons. The van der Waals surface area contributed by atoms with Gasteiger partial charge in [0.1, 0.15) is 0 Å². The molecule has 2 nitrogen and oxygen atoms in total. The van der Waals surface area contributed by atoms with Gasteiger partial charge in [-0.05, 0) is 12.0 Å². The van der Waals surface area contributed by atoms with Gasteiger partial charge in [-0.2, -0.15) is 0 Å². The van der Waals surface area contributed by atoms with Crippen LogP contribution in [-0.2, 0) is 0 Å². The second-order valence-electron chi connectivity index (χ2n) is 3.23. The van der Waals surface area contributed by atoms with E-state index in [0.717, 1.165) is 12.0 Å². The predicted octanol–water partition coefficient (Wildman–Crippen LogP) is 1.50. The van der Waals surface area contributed by atoms with E-state index in [1.54, 1.807) is 0 Å². The Morgan fingerprint density at radius 3 is 2.38 bits per heavy atom. The first-order valence-electron chi connectivity index (χ1n) is 4.72. The summed E-state index contributed by atoms with van der Waals surface area (Å²) in [6.45, 7) is 2.47. The maximum absolute atomic E-state index is 9.69. The van der Waals surface area contributed by atoms with Crippen LogP contribution in [0.2, 0.25) is 0 Å². The molecule has 0 fully saturated rings. The van der Waals surface area contributed by atoms with Crippen molar-refractivity contribution in [1.82, 2.24) is 0 Å². The SMILES string of the molecule is CC[C@@H](O)[C@@H](CN)c1ccccc1. The summed E-state index contributed by atoms with van der Waals surface area (Å²) in [6, 6.07) is 9.93. The zero-order chi connectivity index (χ0) is 9.68. The number of nitrogens with two attached hydrogens (primary N) is 1. The molecule has 0 aromatic heterocycles. The van der Waals surface area contributed by atoms with Crippen molar-refractivity contribution in [3.8, 4) is 0 Å². The summed E-state index contributed by atoms with van der Waals surface area (Å²) in [5.41, 5.74) is 6.75. The van der Waals surface area contributed by atoms with E-state index in [0.29, 0.717) is 6.54 Å². The van der Waals surface area contributed by atoms with Gasteiger partial charge in [-0.15, -0.1) is 0 Å². The normalized spacial score (nSPS) is 15.3. The largest absolute Gasteiger partial charge is 0.392 e. The zero-order valence-electron chi connectivity index (χ0n) is 7.98. The quantitative estimate of drug-likeness (QED) is 0.735. The molecule has 1 aromatic rings. The molecule has 1 rings (SSSR count). The Bertz CT molecular complexity index is 235. The second kappa shape index (κ2) is 5.00. The molecule has 1 aromatic carbocycles. The van der Waals surface area contributed by atoms with Crippen molar-refractivity contribution < 1.29 is 5.11 Å². The molecule has 0 bridgehead atoms. The molecule has 3 N–H and O–H groups in total. The van der Waals surface area contributed by atoms with Crippen LogP contribution in [0.5, 0.6) is 0 Å². The Morgan fingerprint density at radius 2 is 1.92 bits per heavy atom. The van der Waals surface area contributed by atoms with Crippen LogP contribution in [0.4, 0.5) is 0 Å². The average molecular weight is 179 g/mol. The number of hydrogen-bond acceptors (Lipinski definition) is 2. The number of benzene rings is 1. The fraction of sp³-hybridized carbons (Fsp3) is 0.455. The molecule has 2 heteroatoms. The van der Waals surface area contributed by atoms with Crippen LogP contribution in [0.25, 0.3) is 0 Å². The molecule has 0 spiro atoms. The molecule has 0 radical (unpaired) electrons. The van der Waals surface area contributed by atoms with Gasteiger partial charge in [0.15, 0.2) is 0 Å². The van der Waals surface area contributed by atoms with Gasteiger partial charge in [0.05, 0.1) is 6.10 Å². The Hall–Kier alpha value is -0.860. The lowest BCUT2D eigenvalue weighted by Crippen LogP contribution is -2.25. The lowest BCUT2D eigenvalue weighted by Gasteiger charge is -2.20. The second-order valence-corrected chi connectivity index (χ2v) is 3.23. The molecule has 0 aliphatic rings. The van der Waals surface area contributed by atoms with Crippen molar-refractivity contribution >= 4 is 0 Å². The lowest BCUT2D eigenvalue weighted by molar-refractivity contribution is 0.141. The zero-order valence-corrected chi connectivity index (χ0v) is 7.98. The van der Waals surface area contributed by atoms with Crippen molar-refractivity contribution in [3.63, 3.8) is 0 Å². The van der Waals surface area contributed by atoms with E-state index in [-0.39, 0.29) is 12.0 Å². The Morgan fingerprint density at radius 1 is 1.31 bits per heavy atom. The van der Waals surface area contributed by atoms with Crippen molar-refractivity contribution in [1.29, 1.82) is 0 Å². The molecular formula is C11H17NO. The van der Waals surface area contributed by atoms with Crippen molar-refractivity contribution in [2.24, 2.45) is 5.73 Å². The van der Waals surface area contributed by atoms with Crippen molar-refractivity contribution in [2.75, 3.05) is 6.54 Å². The molecular weight excluding hydrogens is 162 g/mol. The first-order chi connectivity index (χ1) is 6.29. The summed E-state index contributed by atoms with van der Waals surface area (Å²) in [4.78, 5) is 0. The highest BCUT2D eigenvalue weighted by Crippen LogP contribution is 2.19. The first kappa shape index (κ1) is 10.2. The predicted molar refractivity (Wildman–Crippen MR) is 54.5 cm³/mol. The minimum Gasteiger partial charge on any atom is -0.392 e. The molecule has 0 heterocycles. The Kier molecular flexibility index (Phi) is 3.93. The summed E-state index contributed by atoms with van der Waals surface area (Å²) in [6.07, 6.45) is 0.420. The summed E-state index contributed by atoms with van der Waals surface area (Å²) < 4.78 is 0. The van der Waals surface area contributed by atoms with E-state index in [2.05, 4.69) is 0 Å². The van der Waals surface area contributed by atoms with Crippen LogP contribution in [0.15, 0.2) is 30.3 Å². The first-order valence-corrected chi connectivity index (χ1v) is 4.72. The van der Waals surface area contributed by atoms with E-state index in [1.165, 1.54) is 0 Å². The highest BCUT2D eigenvalue weighted by Gasteiger charge is 2.17. The van der Waals surface area contributed by atoms with Crippen LogP contribution in [-0.4, -0.2) is 17.8 Å². The third kappa shape index (κ3) is 2.54. The van der Waals surface area contributed by atoms with Gasteiger partial charge < -0.3 is 10.8 Å². The number of rotatable bonds is 4. The third-order valence-electron chi connectivity index (χ3n) is 2.36. The Balaban J connectivity index is 2.78. The fourth-order valence-corrected chi connectivity index (χ4v) is 1.50. The van der Waals surface area contributed by atoms with Gasteiger partial charge in [-0.3, -0.25) is 0 Å². The maximum Gasteiger partial charge on any atom is 0.0618 e. The highest BCUT2D eigenvalue weighted by molar-refractivity contribution is 5.20. The topological polar surface area (TPSA) is 46.2 Å². The number of aliphatic hydroxyl groups is 1. The fourth-order valence-electron chi connectivity index (χ4n) is 1.50. The summed E-state index contributed by atoms with van der Waals surface area (Å²) >= 11 is 0. The minimum atomic E-state index is -0.326. The Labute approximate surface area is 79.4 Å². The van der Waals surface area contributed by atoms with Crippen LogP contribution in [0.1, 0.15) is 24.8 Å². The maximum atomic E-state index is 9.69. The van der Waals surface area contributed by atoms with Crippen LogP contribution in [0.3, 0.4) is 0 Å². The highest BCUT2D eigenvalue weighted by atomic mass is 16.3. The molecule has 0 aliphatic heterocycles. The smallest absolute Gasteiger partial charge is 0.0618 e. The molecule has 0 aliphatic carbocycles. The molecule has 0 saturated carbocycles. The van der Waals surface area contributed by atoms with Gasteiger partial charge >= 0.3 is 0 Å². The number of aliphatic hydroxyl groups excluding tert-OH is 1. The van der Waals surface area contributed by atoms with E-state index >= 15 is 0 Å². The average Bonchev–Trinajstić information content (AvgIpc) is 2.20. The standard InChI is InChI=1S/C11H17NO/c1-2-11(13)10(8-12)9-6-4-3-5-7-9/h3-7,10-11,13H,2,8,12H2,1H3/t10-,11+/m0/s1. The number of hydrogen-bond donors (Lipinski definition) is 2. The van der Waals surface area contributed by atoms with Crippen LogP contribution >= 0.6 is 0 Å². The monoisotopic (exact) mass is 179 g/mol. The van der Waals surface area contributed by atoms with Crippen molar-refractivity contribution in [3.05, 3.63) is 35.9 Å². The van der Waals surface area contributed by atoms with Gasteiger partial charge in [0.25, 0.3) is 0 Å². The van der Waals surface area contributed by atoms with E-state index in [4.69, 9.17) is 5.73 Å². The van der Waals surface area contributed by atoms with Gasteiger partial charge in [-0.25, -0.2) is 0 Å². The van der Waals surface area contributed by atoms with Gasteiger partial charge in [0, 0.05) is 12.5 Å². The van der Waals surface area contributed by atoms with E-state index in [1.807, 2.05) is 37.3 Å². The summed E-state index contributed by atoms with van der Waals surface area (Å²) in [5.74, 6) is 0.0752. The summed E-state index contributed by atoms with van der Waals surface area (Å²) in [7, 11) is 0.